The second kappa shape index (κ2) is 7.26. The van der Waals surface area contributed by atoms with E-state index in [2.05, 4.69) is 31.2 Å². The van der Waals surface area contributed by atoms with Gasteiger partial charge in [0.05, 0.1) is 32.5 Å². The quantitative estimate of drug-likeness (QED) is 0.658. The van der Waals surface area contributed by atoms with Gasteiger partial charge in [0.25, 0.3) is 0 Å². The maximum atomic E-state index is 6.55. The summed E-state index contributed by atoms with van der Waals surface area (Å²) in [6.45, 7) is 4.78. The molecule has 2 saturated heterocycles. The van der Waals surface area contributed by atoms with E-state index >= 15 is 0 Å². The number of hydrogen-bond acceptors (Lipinski definition) is 4. The molecule has 2 aromatic carbocycles. The second-order valence-corrected chi connectivity index (χ2v) is 6.66. The zero-order valence-corrected chi connectivity index (χ0v) is 14.5. The van der Waals surface area contributed by atoms with Crippen molar-refractivity contribution < 1.29 is 18.9 Å². The summed E-state index contributed by atoms with van der Waals surface area (Å²) in [4.78, 5) is 0. The molecule has 3 unspecified atom stereocenters. The Morgan fingerprint density at radius 3 is 1.84 bits per heavy atom. The summed E-state index contributed by atoms with van der Waals surface area (Å²) in [5, 5.41) is 0. The number of epoxide rings is 2. The van der Waals surface area contributed by atoms with Crippen LogP contribution in [-0.2, 0) is 24.5 Å². The molecule has 0 aromatic heterocycles. The minimum absolute atomic E-state index is 0.166. The number of rotatable bonds is 9. The lowest BCUT2D eigenvalue weighted by atomic mass is 9.81. The predicted molar refractivity (Wildman–Crippen MR) is 94.5 cm³/mol. The van der Waals surface area contributed by atoms with Gasteiger partial charge in [-0.15, -0.1) is 0 Å². The lowest BCUT2D eigenvalue weighted by Gasteiger charge is -2.40. The first-order valence-corrected chi connectivity index (χ1v) is 8.89. The van der Waals surface area contributed by atoms with E-state index < -0.39 is 5.60 Å². The smallest absolute Gasteiger partial charge is 0.144 e. The van der Waals surface area contributed by atoms with Crippen LogP contribution in [0.3, 0.4) is 0 Å². The summed E-state index contributed by atoms with van der Waals surface area (Å²) in [6, 6.07) is 20.6. The molecule has 4 rings (SSSR count). The first kappa shape index (κ1) is 16.7. The lowest BCUT2D eigenvalue weighted by molar-refractivity contribution is -0.126. The van der Waals surface area contributed by atoms with E-state index in [4.69, 9.17) is 18.9 Å². The van der Waals surface area contributed by atoms with Crippen LogP contribution in [0.1, 0.15) is 18.1 Å². The van der Waals surface area contributed by atoms with Crippen molar-refractivity contribution in [2.75, 3.05) is 26.4 Å². The Labute approximate surface area is 148 Å². The van der Waals surface area contributed by atoms with Gasteiger partial charge in [-0.25, -0.2) is 0 Å². The fraction of sp³-hybridized carbons (Fsp3) is 0.429. The third-order valence-electron chi connectivity index (χ3n) is 4.81. The third-order valence-corrected chi connectivity index (χ3v) is 4.81. The van der Waals surface area contributed by atoms with Gasteiger partial charge in [0.2, 0.25) is 0 Å². The molecule has 2 heterocycles. The molecule has 0 radical (unpaired) electrons. The van der Waals surface area contributed by atoms with Crippen LogP contribution in [0.2, 0.25) is 0 Å². The van der Waals surface area contributed by atoms with Crippen molar-refractivity contribution in [3.8, 4) is 0 Å². The molecule has 0 amide bonds. The van der Waals surface area contributed by atoms with Gasteiger partial charge in [-0.3, -0.25) is 0 Å². The Kier molecular flexibility index (Phi) is 4.86. The average molecular weight is 340 g/mol. The molecule has 2 aliphatic heterocycles. The van der Waals surface area contributed by atoms with Crippen LogP contribution in [0.5, 0.6) is 0 Å². The van der Waals surface area contributed by atoms with Crippen molar-refractivity contribution in [2.24, 2.45) is 0 Å². The van der Waals surface area contributed by atoms with E-state index in [0.717, 1.165) is 24.3 Å². The van der Waals surface area contributed by atoms with E-state index in [9.17, 15) is 0 Å². The SMILES string of the molecule is CC(OCC1CO1)C(OCC1CO1)(c1ccccc1)c1ccccc1. The second-order valence-electron chi connectivity index (χ2n) is 6.66. The van der Waals surface area contributed by atoms with Crippen LogP contribution >= 0.6 is 0 Å². The molecule has 0 spiro atoms. The Balaban J connectivity index is 1.71. The monoisotopic (exact) mass is 340 g/mol. The van der Waals surface area contributed by atoms with Gasteiger partial charge >= 0.3 is 0 Å². The van der Waals surface area contributed by atoms with Gasteiger partial charge in [0.1, 0.15) is 17.8 Å². The van der Waals surface area contributed by atoms with Crippen molar-refractivity contribution in [3.05, 3.63) is 71.8 Å². The third kappa shape index (κ3) is 3.77. The molecule has 4 nitrogen and oxygen atoms in total. The highest BCUT2D eigenvalue weighted by atomic mass is 16.6. The largest absolute Gasteiger partial charge is 0.372 e. The molecule has 2 aromatic rings. The van der Waals surface area contributed by atoms with Gasteiger partial charge < -0.3 is 18.9 Å². The van der Waals surface area contributed by atoms with Crippen LogP contribution in [0, 0.1) is 0 Å². The van der Waals surface area contributed by atoms with Crippen molar-refractivity contribution in [1.29, 1.82) is 0 Å². The van der Waals surface area contributed by atoms with Crippen molar-refractivity contribution in [3.63, 3.8) is 0 Å². The highest BCUT2D eigenvalue weighted by molar-refractivity contribution is 5.38. The summed E-state index contributed by atoms with van der Waals surface area (Å²) in [7, 11) is 0. The summed E-state index contributed by atoms with van der Waals surface area (Å²) >= 11 is 0. The summed E-state index contributed by atoms with van der Waals surface area (Å²) in [5.74, 6) is 0. The Bertz CT molecular complexity index is 625. The van der Waals surface area contributed by atoms with Crippen LogP contribution in [-0.4, -0.2) is 44.7 Å². The number of hydrogen-bond donors (Lipinski definition) is 0. The lowest BCUT2D eigenvalue weighted by Crippen LogP contribution is -2.44. The van der Waals surface area contributed by atoms with E-state index in [1.807, 2.05) is 36.4 Å². The van der Waals surface area contributed by atoms with Crippen LogP contribution in [0.15, 0.2) is 60.7 Å². The fourth-order valence-corrected chi connectivity index (χ4v) is 3.21. The molecule has 4 heteroatoms. The zero-order valence-electron chi connectivity index (χ0n) is 14.5. The fourth-order valence-electron chi connectivity index (χ4n) is 3.21. The van der Waals surface area contributed by atoms with Gasteiger partial charge in [-0.2, -0.15) is 0 Å². The first-order chi connectivity index (χ1) is 12.3. The van der Waals surface area contributed by atoms with Crippen LogP contribution in [0.25, 0.3) is 0 Å². The van der Waals surface area contributed by atoms with Gasteiger partial charge in [-0.05, 0) is 18.1 Å². The average Bonchev–Trinajstić information content (AvgIpc) is 3.57. The van der Waals surface area contributed by atoms with Crippen molar-refractivity contribution in [1.82, 2.24) is 0 Å². The highest BCUT2D eigenvalue weighted by Crippen LogP contribution is 2.39. The normalized spacial score (nSPS) is 23.2. The molecule has 132 valence electrons. The predicted octanol–water partition coefficient (Wildman–Crippen LogP) is 3.15. The molecular formula is C21H24O4. The van der Waals surface area contributed by atoms with E-state index in [1.165, 1.54) is 0 Å². The van der Waals surface area contributed by atoms with E-state index in [1.54, 1.807) is 0 Å². The van der Waals surface area contributed by atoms with Crippen molar-refractivity contribution in [2.45, 2.75) is 30.8 Å². The molecule has 2 aliphatic rings. The highest BCUT2D eigenvalue weighted by Gasteiger charge is 2.44. The maximum Gasteiger partial charge on any atom is 0.144 e. The Hall–Kier alpha value is -1.72. The minimum atomic E-state index is -0.677. The molecule has 2 fully saturated rings. The van der Waals surface area contributed by atoms with Gasteiger partial charge in [0, 0.05) is 0 Å². The number of benzene rings is 2. The Morgan fingerprint density at radius 1 is 0.880 bits per heavy atom. The van der Waals surface area contributed by atoms with Crippen molar-refractivity contribution >= 4 is 0 Å². The van der Waals surface area contributed by atoms with Gasteiger partial charge in [0.15, 0.2) is 0 Å². The molecular weight excluding hydrogens is 316 g/mol. The standard InChI is InChI=1S/C21H24O4/c1-16(22-12-19-13-23-19)21(25-15-20-14-24-20,17-8-4-2-5-9-17)18-10-6-3-7-11-18/h2-11,16,19-20H,12-15H2,1H3. The summed E-state index contributed by atoms with van der Waals surface area (Å²) in [6.07, 6.45) is 0.240. The van der Waals surface area contributed by atoms with Crippen LogP contribution < -0.4 is 0 Å². The first-order valence-electron chi connectivity index (χ1n) is 8.89. The minimum Gasteiger partial charge on any atom is -0.372 e. The number of ether oxygens (including phenoxy) is 4. The van der Waals surface area contributed by atoms with Crippen LogP contribution in [0.4, 0.5) is 0 Å². The molecule has 0 N–H and O–H groups in total. The molecule has 25 heavy (non-hydrogen) atoms. The maximum absolute atomic E-state index is 6.55. The molecule has 0 aliphatic carbocycles. The summed E-state index contributed by atoms with van der Waals surface area (Å²) < 4.78 is 23.4. The molecule has 0 saturated carbocycles. The van der Waals surface area contributed by atoms with E-state index in [0.29, 0.717) is 13.2 Å². The molecule has 3 atom stereocenters. The van der Waals surface area contributed by atoms with E-state index in [-0.39, 0.29) is 18.3 Å². The summed E-state index contributed by atoms with van der Waals surface area (Å²) in [5.41, 5.74) is 1.50. The topological polar surface area (TPSA) is 43.5 Å². The van der Waals surface area contributed by atoms with Gasteiger partial charge in [-0.1, -0.05) is 60.7 Å². The Morgan fingerprint density at radius 2 is 1.36 bits per heavy atom. The molecule has 0 bridgehead atoms. The zero-order chi connectivity index (χ0) is 17.1.